The lowest BCUT2D eigenvalue weighted by atomic mass is 9.98. The van der Waals surface area contributed by atoms with Gasteiger partial charge in [0.25, 0.3) is 5.91 Å². The summed E-state index contributed by atoms with van der Waals surface area (Å²) in [6.45, 7) is 3.89. The zero-order valence-electron chi connectivity index (χ0n) is 16.8. The minimum atomic E-state index is -0.330. The van der Waals surface area contributed by atoms with Crippen molar-refractivity contribution in [1.82, 2.24) is 4.90 Å². The maximum Gasteiger partial charge on any atom is 0.338 e. The summed E-state index contributed by atoms with van der Waals surface area (Å²) in [6, 6.07) is 5.01. The number of hydrogen-bond donors (Lipinski definition) is 0. The van der Waals surface area contributed by atoms with Crippen molar-refractivity contribution in [3.8, 4) is 11.5 Å². The number of nitrogens with zero attached hydrogens (tertiary/aromatic N) is 1. The summed E-state index contributed by atoms with van der Waals surface area (Å²) in [7, 11) is 0. The molecule has 0 bridgehead atoms. The second-order valence-corrected chi connectivity index (χ2v) is 7.49. The molecule has 1 heterocycles. The highest BCUT2D eigenvalue weighted by Gasteiger charge is 2.21. The standard InChI is InChI=1S/C22H31NO5/c1-2-26-20-15-17(22(25)28-18-9-5-3-6-10-18)11-12-19(20)27-16-21(24)23-13-7-4-8-14-23/h11-12,15,18H,2-10,13-14,16H2,1H3. The van der Waals surface area contributed by atoms with Crippen LogP contribution in [0.1, 0.15) is 68.6 Å². The van der Waals surface area contributed by atoms with Gasteiger partial charge in [-0.25, -0.2) is 4.79 Å². The average Bonchev–Trinajstić information content (AvgIpc) is 2.74. The fraction of sp³-hybridized carbons (Fsp3) is 0.636. The van der Waals surface area contributed by atoms with Crippen LogP contribution in [0.25, 0.3) is 0 Å². The van der Waals surface area contributed by atoms with Crippen LogP contribution < -0.4 is 9.47 Å². The van der Waals surface area contributed by atoms with Crippen molar-refractivity contribution in [3.05, 3.63) is 23.8 Å². The largest absolute Gasteiger partial charge is 0.490 e. The Morgan fingerprint density at radius 2 is 1.68 bits per heavy atom. The third-order valence-electron chi connectivity index (χ3n) is 5.37. The summed E-state index contributed by atoms with van der Waals surface area (Å²) in [5.41, 5.74) is 0.448. The van der Waals surface area contributed by atoms with Gasteiger partial charge in [0, 0.05) is 13.1 Å². The number of carbonyl (C=O) groups excluding carboxylic acids is 2. The number of benzene rings is 1. The van der Waals surface area contributed by atoms with E-state index in [1.165, 1.54) is 12.8 Å². The molecule has 6 heteroatoms. The molecule has 1 aliphatic carbocycles. The number of hydrogen-bond acceptors (Lipinski definition) is 5. The molecule has 0 spiro atoms. The molecule has 3 rings (SSSR count). The lowest BCUT2D eigenvalue weighted by Gasteiger charge is -2.26. The van der Waals surface area contributed by atoms with Crippen LogP contribution in [0.5, 0.6) is 11.5 Å². The quantitative estimate of drug-likeness (QED) is 0.660. The number of ether oxygens (including phenoxy) is 3. The van der Waals surface area contributed by atoms with Gasteiger partial charge in [-0.3, -0.25) is 4.79 Å². The van der Waals surface area contributed by atoms with Crippen LogP contribution in [0.15, 0.2) is 18.2 Å². The van der Waals surface area contributed by atoms with Crippen LogP contribution in [0.2, 0.25) is 0 Å². The van der Waals surface area contributed by atoms with E-state index >= 15 is 0 Å². The van der Waals surface area contributed by atoms with E-state index in [1.807, 2.05) is 11.8 Å². The van der Waals surface area contributed by atoms with E-state index < -0.39 is 0 Å². The molecule has 2 fully saturated rings. The van der Waals surface area contributed by atoms with E-state index in [9.17, 15) is 9.59 Å². The van der Waals surface area contributed by atoms with Crippen molar-refractivity contribution in [1.29, 1.82) is 0 Å². The SMILES string of the molecule is CCOc1cc(C(=O)OC2CCCCC2)ccc1OCC(=O)N1CCCCC1. The number of piperidine rings is 1. The van der Waals surface area contributed by atoms with Crippen LogP contribution in [0, 0.1) is 0 Å². The topological polar surface area (TPSA) is 65.1 Å². The summed E-state index contributed by atoms with van der Waals surface area (Å²) in [5, 5.41) is 0. The van der Waals surface area contributed by atoms with Gasteiger partial charge >= 0.3 is 5.97 Å². The smallest absolute Gasteiger partial charge is 0.338 e. The molecule has 0 aromatic heterocycles. The Morgan fingerprint density at radius 1 is 0.964 bits per heavy atom. The third-order valence-corrected chi connectivity index (χ3v) is 5.37. The van der Waals surface area contributed by atoms with Crippen LogP contribution >= 0.6 is 0 Å². The second kappa shape index (κ2) is 10.3. The van der Waals surface area contributed by atoms with Crippen LogP contribution in [0.3, 0.4) is 0 Å². The second-order valence-electron chi connectivity index (χ2n) is 7.49. The van der Waals surface area contributed by atoms with Gasteiger partial charge in [-0.1, -0.05) is 6.42 Å². The minimum Gasteiger partial charge on any atom is -0.490 e. The highest BCUT2D eigenvalue weighted by atomic mass is 16.5. The molecule has 1 amide bonds. The predicted molar refractivity (Wildman–Crippen MR) is 106 cm³/mol. The van der Waals surface area contributed by atoms with Gasteiger partial charge in [0.2, 0.25) is 0 Å². The normalized spacial score (nSPS) is 17.8. The lowest BCUT2D eigenvalue weighted by molar-refractivity contribution is -0.134. The summed E-state index contributed by atoms with van der Waals surface area (Å²) in [4.78, 5) is 26.6. The van der Waals surface area contributed by atoms with Gasteiger partial charge in [-0.05, 0) is 70.1 Å². The monoisotopic (exact) mass is 389 g/mol. The molecule has 1 saturated heterocycles. The number of rotatable bonds is 7. The van der Waals surface area contributed by atoms with E-state index in [2.05, 4.69) is 0 Å². The highest BCUT2D eigenvalue weighted by molar-refractivity contribution is 5.90. The Morgan fingerprint density at radius 3 is 2.39 bits per heavy atom. The van der Waals surface area contributed by atoms with Gasteiger partial charge in [-0.2, -0.15) is 0 Å². The maximum atomic E-state index is 12.5. The Labute approximate surface area is 167 Å². The third kappa shape index (κ3) is 5.63. The maximum absolute atomic E-state index is 12.5. The molecule has 0 atom stereocenters. The predicted octanol–water partition coefficient (Wildman–Crippen LogP) is 3.97. The summed E-state index contributed by atoms with van der Waals surface area (Å²) >= 11 is 0. The first-order valence-corrected chi connectivity index (χ1v) is 10.6. The van der Waals surface area contributed by atoms with E-state index in [0.29, 0.717) is 23.7 Å². The van der Waals surface area contributed by atoms with Gasteiger partial charge in [0.1, 0.15) is 6.10 Å². The molecular weight excluding hydrogens is 358 g/mol. The number of esters is 1. The molecule has 1 saturated carbocycles. The molecule has 1 aliphatic heterocycles. The number of carbonyl (C=O) groups is 2. The molecule has 6 nitrogen and oxygen atoms in total. The van der Waals surface area contributed by atoms with E-state index in [0.717, 1.165) is 51.6 Å². The van der Waals surface area contributed by atoms with Gasteiger partial charge < -0.3 is 19.1 Å². The zero-order valence-corrected chi connectivity index (χ0v) is 16.8. The summed E-state index contributed by atoms with van der Waals surface area (Å²) in [5.74, 6) is 0.597. The molecule has 0 radical (unpaired) electrons. The van der Waals surface area contributed by atoms with Crippen molar-refractivity contribution in [3.63, 3.8) is 0 Å². The molecule has 1 aromatic carbocycles. The molecule has 0 N–H and O–H groups in total. The van der Waals surface area contributed by atoms with Gasteiger partial charge in [-0.15, -0.1) is 0 Å². The van der Waals surface area contributed by atoms with Crippen LogP contribution in [-0.4, -0.2) is 49.2 Å². The fourth-order valence-corrected chi connectivity index (χ4v) is 3.80. The first-order chi connectivity index (χ1) is 13.7. The Bertz CT molecular complexity index is 663. The van der Waals surface area contributed by atoms with Crippen molar-refractivity contribution < 1.29 is 23.8 Å². The van der Waals surface area contributed by atoms with Crippen LogP contribution in [-0.2, 0) is 9.53 Å². The van der Waals surface area contributed by atoms with Gasteiger partial charge in [0.15, 0.2) is 18.1 Å². The average molecular weight is 389 g/mol. The number of amides is 1. The number of likely N-dealkylation sites (tertiary alicyclic amines) is 1. The van der Waals surface area contributed by atoms with Crippen LogP contribution in [0.4, 0.5) is 0 Å². The minimum absolute atomic E-state index is 0.00915. The summed E-state index contributed by atoms with van der Waals surface area (Å²) < 4.78 is 17.0. The van der Waals surface area contributed by atoms with Crippen molar-refractivity contribution in [2.24, 2.45) is 0 Å². The van der Waals surface area contributed by atoms with E-state index in [1.54, 1.807) is 18.2 Å². The lowest BCUT2D eigenvalue weighted by Crippen LogP contribution is -2.38. The first-order valence-electron chi connectivity index (χ1n) is 10.6. The molecule has 2 aliphatic rings. The van der Waals surface area contributed by atoms with Crippen molar-refractivity contribution in [2.45, 2.75) is 64.4 Å². The molecule has 28 heavy (non-hydrogen) atoms. The first kappa shape index (κ1) is 20.5. The molecular formula is C22H31NO5. The van der Waals surface area contributed by atoms with Crippen molar-refractivity contribution in [2.75, 3.05) is 26.3 Å². The Balaban J connectivity index is 1.61. The van der Waals surface area contributed by atoms with Gasteiger partial charge in [0.05, 0.1) is 12.2 Å². The molecule has 1 aromatic rings. The fourth-order valence-electron chi connectivity index (χ4n) is 3.80. The molecule has 0 unspecified atom stereocenters. The van der Waals surface area contributed by atoms with E-state index in [-0.39, 0.29) is 24.6 Å². The van der Waals surface area contributed by atoms with E-state index in [4.69, 9.17) is 14.2 Å². The molecule has 154 valence electrons. The Kier molecular flexibility index (Phi) is 7.57. The zero-order chi connectivity index (χ0) is 19.8. The Hall–Kier alpha value is -2.24. The highest BCUT2D eigenvalue weighted by Crippen LogP contribution is 2.30. The van der Waals surface area contributed by atoms with Crippen molar-refractivity contribution >= 4 is 11.9 Å². The summed E-state index contributed by atoms with van der Waals surface area (Å²) in [6.07, 6.45) is 8.59.